The van der Waals surface area contributed by atoms with E-state index in [2.05, 4.69) is 0 Å². The molecule has 1 aliphatic heterocycles. The summed E-state index contributed by atoms with van der Waals surface area (Å²) in [5.74, 6) is 1.73. The molecule has 112 valence electrons. The molecule has 2 aromatic rings. The third kappa shape index (κ3) is 3.19. The molecule has 0 spiro atoms. The molecule has 0 aliphatic carbocycles. The van der Waals surface area contributed by atoms with E-state index in [0.29, 0.717) is 0 Å². The third-order valence-corrected chi connectivity index (χ3v) is 3.77. The van der Waals surface area contributed by atoms with Crippen molar-refractivity contribution in [3.05, 3.63) is 65.7 Å². The number of likely N-dealkylation sites (N-methyl/N-ethyl adjacent to an activating group) is 1. The number of para-hydroxylation sites is 1. The number of nitrogens with zero attached hydrogens (tertiary/aromatic N) is 1. The highest BCUT2D eigenvalue weighted by molar-refractivity contribution is 5.99. The second-order valence-corrected chi connectivity index (χ2v) is 5.29. The molecule has 0 atom stereocenters. The van der Waals surface area contributed by atoms with Gasteiger partial charge in [-0.15, -0.1) is 0 Å². The maximum absolute atomic E-state index is 12.1. The summed E-state index contributed by atoms with van der Waals surface area (Å²) in [4.78, 5) is 14.0. The molecule has 1 amide bonds. The zero-order valence-corrected chi connectivity index (χ0v) is 12.7. The standard InChI is InChI=1S/C19H19NO2/c1-2-20-12-11-16(19(20)21)13-15-7-6-10-18(14-15)22-17-8-4-3-5-9-17/h3-10,13-14H,2,11-12H2,1H3/b16-13+. The Bertz CT molecular complexity index is 692. The lowest BCUT2D eigenvalue weighted by atomic mass is 10.1. The topological polar surface area (TPSA) is 29.5 Å². The Balaban J connectivity index is 1.79. The van der Waals surface area contributed by atoms with Crippen molar-refractivity contribution in [3.8, 4) is 11.5 Å². The number of hydrogen-bond acceptors (Lipinski definition) is 2. The number of ether oxygens (including phenoxy) is 1. The van der Waals surface area contributed by atoms with Gasteiger partial charge in [0.15, 0.2) is 0 Å². The Morgan fingerprint density at radius 1 is 1.09 bits per heavy atom. The first kappa shape index (κ1) is 14.4. The molecule has 0 saturated carbocycles. The largest absolute Gasteiger partial charge is 0.457 e. The number of carbonyl (C=O) groups excluding carboxylic acids is 1. The van der Waals surface area contributed by atoms with Crippen LogP contribution in [0.15, 0.2) is 60.2 Å². The van der Waals surface area contributed by atoms with Crippen molar-refractivity contribution in [3.63, 3.8) is 0 Å². The lowest BCUT2D eigenvalue weighted by molar-refractivity contribution is -0.124. The van der Waals surface area contributed by atoms with Gasteiger partial charge in [0, 0.05) is 18.7 Å². The number of rotatable bonds is 4. The van der Waals surface area contributed by atoms with Crippen LogP contribution in [0, 0.1) is 0 Å². The van der Waals surface area contributed by atoms with Crippen LogP contribution in [0.25, 0.3) is 6.08 Å². The minimum absolute atomic E-state index is 0.150. The Labute approximate surface area is 130 Å². The van der Waals surface area contributed by atoms with Gasteiger partial charge in [-0.1, -0.05) is 30.3 Å². The van der Waals surface area contributed by atoms with Crippen molar-refractivity contribution >= 4 is 12.0 Å². The van der Waals surface area contributed by atoms with Crippen LogP contribution in [0.2, 0.25) is 0 Å². The molecule has 0 N–H and O–H groups in total. The van der Waals surface area contributed by atoms with E-state index >= 15 is 0 Å². The molecule has 0 aromatic heterocycles. The van der Waals surface area contributed by atoms with E-state index in [0.717, 1.165) is 42.1 Å². The van der Waals surface area contributed by atoms with Gasteiger partial charge in [0.05, 0.1) is 0 Å². The van der Waals surface area contributed by atoms with Gasteiger partial charge >= 0.3 is 0 Å². The zero-order valence-electron chi connectivity index (χ0n) is 12.7. The first-order chi connectivity index (χ1) is 10.8. The number of hydrogen-bond donors (Lipinski definition) is 0. The molecule has 1 saturated heterocycles. The van der Waals surface area contributed by atoms with E-state index in [4.69, 9.17) is 4.74 Å². The molecule has 3 nitrogen and oxygen atoms in total. The Hall–Kier alpha value is -2.55. The number of amides is 1. The molecule has 1 aliphatic rings. The van der Waals surface area contributed by atoms with Gasteiger partial charge in [0.1, 0.15) is 11.5 Å². The Morgan fingerprint density at radius 2 is 1.86 bits per heavy atom. The van der Waals surface area contributed by atoms with Crippen LogP contribution in [-0.4, -0.2) is 23.9 Å². The summed E-state index contributed by atoms with van der Waals surface area (Å²) in [7, 11) is 0. The highest BCUT2D eigenvalue weighted by Crippen LogP contribution is 2.25. The van der Waals surface area contributed by atoms with Crippen LogP contribution in [0.1, 0.15) is 18.9 Å². The van der Waals surface area contributed by atoms with Crippen molar-refractivity contribution in [1.82, 2.24) is 4.90 Å². The molecule has 2 aromatic carbocycles. The SMILES string of the molecule is CCN1CC/C(=C\c2cccc(Oc3ccccc3)c2)C1=O. The van der Waals surface area contributed by atoms with Gasteiger partial charge in [-0.3, -0.25) is 4.79 Å². The van der Waals surface area contributed by atoms with Crippen molar-refractivity contribution in [2.24, 2.45) is 0 Å². The van der Waals surface area contributed by atoms with Gasteiger partial charge in [-0.2, -0.15) is 0 Å². The predicted molar refractivity (Wildman–Crippen MR) is 87.8 cm³/mol. The summed E-state index contributed by atoms with van der Waals surface area (Å²) in [6.07, 6.45) is 2.78. The summed E-state index contributed by atoms with van der Waals surface area (Å²) in [5, 5.41) is 0. The molecule has 3 heteroatoms. The quantitative estimate of drug-likeness (QED) is 0.794. The normalized spacial score (nSPS) is 16.3. The second-order valence-electron chi connectivity index (χ2n) is 5.29. The van der Waals surface area contributed by atoms with E-state index in [1.165, 1.54) is 0 Å². The van der Waals surface area contributed by atoms with Crippen LogP contribution < -0.4 is 4.74 Å². The summed E-state index contributed by atoms with van der Waals surface area (Å²) >= 11 is 0. The fourth-order valence-corrected chi connectivity index (χ4v) is 2.60. The molecule has 0 radical (unpaired) electrons. The average molecular weight is 293 g/mol. The Morgan fingerprint density at radius 3 is 2.59 bits per heavy atom. The molecule has 22 heavy (non-hydrogen) atoms. The van der Waals surface area contributed by atoms with Crippen LogP contribution in [-0.2, 0) is 4.79 Å². The van der Waals surface area contributed by atoms with Crippen LogP contribution in [0.5, 0.6) is 11.5 Å². The minimum Gasteiger partial charge on any atom is -0.457 e. The van der Waals surface area contributed by atoms with E-state index in [9.17, 15) is 4.79 Å². The summed E-state index contributed by atoms with van der Waals surface area (Å²) in [5.41, 5.74) is 1.87. The average Bonchev–Trinajstić information content (AvgIpc) is 2.89. The monoisotopic (exact) mass is 293 g/mol. The molecule has 0 unspecified atom stereocenters. The molecular formula is C19H19NO2. The van der Waals surface area contributed by atoms with E-state index in [-0.39, 0.29) is 5.91 Å². The summed E-state index contributed by atoms with van der Waals surface area (Å²) < 4.78 is 5.83. The third-order valence-electron chi connectivity index (χ3n) is 3.77. The van der Waals surface area contributed by atoms with Crippen molar-refractivity contribution in [1.29, 1.82) is 0 Å². The lowest BCUT2D eigenvalue weighted by Crippen LogP contribution is -2.24. The van der Waals surface area contributed by atoms with E-state index < -0.39 is 0 Å². The smallest absolute Gasteiger partial charge is 0.249 e. The zero-order chi connectivity index (χ0) is 15.4. The first-order valence-corrected chi connectivity index (χ1v) is 7.59. The van der Waals surface area contributed by atoms with Gasteiger partial charge in [0.25, 0.3) is 0 Å². The number of carbonyl (C=O) groups is 1. The van der Waals surface area contributed by atoms with Gasteiger partial charge in [0.2, 0.25) is 5.91 Å². The van der Waals surface area contributed by atoms with Crippen LogP contribution in [0.4, 0.5) is 0 Å². The first-order valence-electron chi connectivity index (χ1n) is 7.59. The number of benzene rings is 2. The molecule has 3 rings (SSSR count). The summed E-state index contributed by atoms with van der Waals surface area (Å²) in [6, 6.07) is 17.5. The van der Waals surface area contributed by atoms with Crippen molar-refractivity contribution < 1.29 is 9.53 Å². The van der Waals surface area contributed by atoms with Gasteiger partial charge in [-0.25, -0.2) is 0 Å². The molecule has 0 bridgehead atoms. The molecule has 1 fully saturated rings. The van der Waals surface area contributed by atoms with E-state index in [1.807, 2.05) is 72.5 Å². The van der Waals surface area contributed by atoms with Gasteiger partial charge < -0.3 is 9.64 Å². The summed E-state index contributed by atoms with van der Waals surface area (Å²) in [6.45, 7) is 3.60. The highest BCUT2D eigenvalue weighted by Gasteiger charge is 2.23. The highest BCUT2D eigenvalue weighted by atomic mass is 16.5. The maximum atomic E-state index is 12.1. The van der Waals surface area contributed by atoms with Crippen LogP contribution in [0.3, 0.4) is 0 Å². The minimum atomic E-state index is 0.150. The fraction of sp³-hybridized carbons (Fsp3) is 0.211. The van der Waals surface area contributed by atoms with Crippen LogP contribution >= 0.6 is 0 Å². The Kier molecular flexibility index (Phi) is 4.24. The van der Waals surface area contributed by atoms with Crippen molar-refractivity contribution in [2.45, 2.75) is 13.3 Å². The second kappa shape index (κ2) is 6.48. The van der Waals surface area contributed by atoms with Crippen molar-refractivity contribution in [2.75, 3.05) is 13.1 Å². The number of likely N-dealkylation sites (tertiary alicyclic amines) is 1. The van der Waals surface area contributed by atoms with E-state index in [1.54, 1.807) is 0 Å². The molecule has 1 heterocycles. The fourth-order valence-electron chi connectivity index (χ4n) is 2.60. The maximum Gasteiger partial charge on any atom is 0.249 e. The molecular weight excluding hydrogens is 274 g/mol. The lowest BCUT2D eigenvalue weighted by Gasteiger charge is -2.10. The van der Waals surface area contributed by atoms with Gasteiger partial charge in [-0.05, 0) is 49.2 Å². The predicted octanol–water partition coefficient (Wildman–Crippen LogP) is 4.11.